The summed E-state index contributed by atoms with van der Waals surface area (Å²) >= 11 is 6.02. The summed E-state index contributed by atoms with van der Waals surface area (Å²) < 4.78 is 13.6. The van der Waals surface area contributed by atoms with Crippen LogP contribution in [0, 0.1) is 5.92 Å². The Morgan fingerprint density at radius 1 is 1.42 bits per heavy atom. The topological polar surface area (TPSA) is 61.2 Å². The van der Waals surface area contributed by atoms with Crippen molar-refractivity contribution in [1.29, 1.82) is 0 Å². The summed E-state index contributed by atoms with van der Waals surface area (Å²) in [7, 11) is 2.01. The molecule has 1 fully saturated rings. The van der Waals surface area contributed by atoms with Gasteiger partial charge in [-0.3, -0.25) is 0 Å². The van der Waals surface area contributed by atoms with Gasteiger partial charge in [0.05, 0.1) is 0 Å². The summed E-state index contributed by atoms with van der Waals surface area (Å²) in [5.41, 5.74) is 0. The molecule has 1 aliphatic rings. The molecule has 0 amide bonds. The molecule has 2 atom stereocenters. The fraction of sp³-hybridized carbons (Fsp3) is 0.529. The van der Waals surface area contributed by atoms with Gasteiger partial charge in [0.15, 0.2) is 0 Å². The maximum atomic E-state index is 6.02. The summed E-state index contributed by atoms with van der Waals surface area (Å²) in [4.78, 5) is 8.55. The van der Waals surface area contributed by atoms with Crippen molar-refractivity contribution in [3.05, 3.63) is 41.6 Å². The minimum absolute atomic E-state index is 0.0532. The Bertz CT molecular complexity index is 649. The highest BCUT2D eigenvalue weighted by Crippen LogP contribution is 2.32. The van der Waals surface area contributed by atoms with Crippen LogP contribution in [-0.2, 0) is 11.8 Å². The number of nitrogens with one attached hydrogen (secondary N) is 1. The number of aromatic nitrogens is 3. The summed E-state index contributed by atoms with van der Waals surface area (Å²) in [6.07, 6.45) is 7.73. The van der Waals surface area contributed by atoms with Gasteiger partial charge in [0.2, 0.25) is 5.88 Å². The Balaban J connectivity index is 1.45. The zero-order chi connectivity index (χ0) is 16.8. The maximum absolute atomic E-state index is 6.02. The molecule has 0 unspecified atom stereocenters. The van der Waals surface area contributed by atoms with Crippen LogP contribution < -0.4 is 10.1 Å². The fourth-order valence-electron chi connectivity index (χ4n) is 2.97. The zero-order valence-electron chi connectivity index (χ0n) is 13.8. The molecule has 0 radical (unpaired) electrons. The number of hydrogen-bond donors (Lipinski definition) is 1. The Morgan fingerprint density at radius 2 is 2.33 bits per heavy atom. The van der Waals surface area contributed by atoms with Gasteiger partial charge in [0.1, 0.15) is 23.6 Å². The smallest absolute Gasteiger partial charge is 0.232 e. The van der Waals surface area contributed by atoms with Crippen molar-refractivity contribution in [3.8, 4) is 5.88 Å². The van der Waals surface area contributed by atoms with E-state index in [1.807, 2.05) is 24.0 Å². The summed E-state index contributed by atoms with van der Waals surface area (Å²) in [6.45, 7) is 2.93. The molecule has 3 rings (SSSR count). The average molecular weight is 351 g/mol. The van der Waals surface area contributed by atoms with E-state index in [1.54, 1.807) is 18.3 Å². The first-order valence-corrected chi connectivity index (χ1v) is 8.66. The number of halogens is 1. The van der Waals surface area contributed by atoms with Crippen molar-refractivity contribution in [2.45, 2.75) is 18.9 Å². The molecular formula is C17H23ClN4O2. The normalized spacial score (nSPS) is 20.9. The number of nitrogens with zero attached hydrogens (tertiary/aromatic N) is 3. The van der Waals surface area contributed by atoms with Gasteiger partial charge in [-0.2, -0.15) is 0 Å². The van der Waals surface area contributed by atoms with Crippen molar-refractivity contribution < 1.29 is 9.47 Å². The molecule has 3 heterocycles. The van der Waals surface area contributed by atoms with Crippen LogP contribution in [0.5, 0.6) is 5.88 Å². The molecule has 0 spiro atoms. The number of aryl methyl sites for hydroxylation is 1. The summed E-state index contributed by atoms with van der Waals surface area (Å²) in [6, 6.07) is 3.56. The quantitative estimate of drug-likeness (QED) is 0.778. The Kier molecular flexibility index (Phi) is 6.07. The number of ether oxygens (including phenoxy) is 2. The molecule has 2 aromatic heterocycles. The SMILES string of the molecule is Cn1ccnc1[C@@H]1OCCC[C@H]1CNCCOc1ncccc1Cl. The molecule has 24 heavy (non-hydrogen) atoms. The lowest BCUT2D eigenvalue weighted by Crippen LogP contribution is -2.34. The number of imidazole rings is 1. The van der Waals surface area contributed by atoms with Crippen molar-refractivity contribution in [2.24, 2.45) is 13.0 Å². The van der Waals surface area contributed by atoms with E-state index in [0.29, 0.717) is 23.4 Å². The monoisotopic (exact) mass is 350 g/mol. The van der Waals surface area contributed by atoms with Crippen LogP contribution in [0.2, 0.25) is 5.02 Å². The van der Waals surface area contributed by atoms with Crippen LogP contribution in [-0.4, -0.2) is 40.8 Å². The zero-order valence-corrected chi connectivity index (χ0v) is 14.6. The lowest BCUT2D eigenvalue weighted by molar-refractivity contribution is -0.0344. The Labute approximate surface area is 147 Å². The molecule has 0 bridgehead atoms. The molecule has 1 N–H and O–H groups in total. The highest BCUT2D eigenvalue weighted by atomic mass is 35.5. The molecule has 0 saturated carbocycles. The van der Waals surface area contributed by atoms with E-state index >= 15 is 0 Å². The van der Waals surface area contributed by atoms with E-state index in [0.717, 1.165) is 38.4 Å². The lowest BCUT2D eigenvalue weighted by Gasteiger charge is -2.31. The molecule has 1 aliphatic heterocycles. The van der Waals surface area contributed by atoms with E-state index in [9.17, 15) is 0 Å². The maximum Gasteiger partial charge on any atom is 0.232 e. The molecular weight excluding hydrogens is 328 g/mol. The van der Waals surface area contributed by atoms with Crippen LogP contribution in [0.1, 0.15) is 24.8 Å². The van der Waals surface area contributed by atoms with E-state index in [-0.39, 0.29) is 6.10 Å². The largest absolute Gasteiger partial charge is 0.475 e. The van der Waals surface area contributed by atoms with Gasteiger partial charge in [-0.1, -0.05) is 11.6 Å². The summed E-state index contributed by atoms with van der Waals surface area (Å²) in [5.74, 6) is 1.89. The second-order valence-corrected chi connectivity index (χ2v) is 6.34. The molecule has 7 heteroatoms. The predicted octanol–water partition coefficient (Wildman–Crippen LogP) is 2.60. The first kappa shape index (κ1) is 17.2. The van der Waals surface area contributed by atoms with Gasteiger partial charge >= 0.3 is 0 Å². The van der Waals surface area contributed by atoms with Crippen LogP contribution in [0.3, 0.4) is 0 Å². The Morgan fingerprint density at radius 3 is 3.12 bits per heavy atom. The number of pyridine rings is 1. The van der Waals surface area contributed by atoms with Gasteiger partial charge in [-0.15, -0.1) is 0 Å². The Hall–Kier alpha value is -1.63. The van der Waals surface area contributed by atoms with Crippen LogP contribution in [0.25, 0.3) is 0 Å². The predicted molar refractivity (Wildman–Crippen MR) is 92.2 cm³/mol. The molecule has 130 valence electrons. The summed E-state index contributed by atoms with van der Waals surface area (Å²) in [5, 5.41) is 3.98. The van der Waals surface area contributed by atoms with Gasteiger partial charge in [0, 0.05) is 51.3 Å². The van der Waals surface area contributed by atoms with Crippen molar-refractivity contribution in [3.63, 3.8) is 0 Å². The van der Waals surface area contributed by atoms with E-state index in [2.05, 4.69) is 15.3 Å². The van der Waals surface area contributed by atoms with E-state index in [1.165, 1.54) is 0 Å². The highest BCUT2D eigenvalue weighted by Gasteiger charge is 2.29. The van der Waals surface area contributed by atoms with Crippen molar-refractivity contribution >= 4 is 11.6 Å². The minimum atomic E-state index is 0.0532. The highest BCUT2D eigenvalue weighted by molar-refractivity contribution is 6.31. The van der Waals surface area contributed by atoms with Crippen LogP contribution in [0.15, 0.2) is 30.7 Å². The van der Waals surface area contributed by atoms with Crippen molar-refractivity contribution in [1.82, 2.24) is 19.9 Å². The van der Waals surface area contributed by atoms with Gasteiger partial charge in [0.25, 0.3) is 0 Å². The van der Waals surface area contributed by atoms with Gasteiger partial charge in [-0.05, 0) is 25.0 Å². The second kappa shape index (κ2) is 8.46. The molecule has 0 aromatic carbocycles. The number of rotatable bonds is 7. The van der Waals surface area contributed by atoms with Gasteiger partial charge in [-0.25, -0.2) is 9.97 Å². The van der Waals surface area contributed by atoms with E-state index < -0.39 is 0 Å². The second-order valence-electron chi connectivity index (χ2n) is 5.93. The molecule has 1 saturated heterocycles. The first-order chi connectivity index (χ1) is 11.8. The van der Waals surface area contributed by atoms with Gasteiger partial charge < -0.3 is 19.4 Å². The third-order valence-corrected chi connectivity index (χ3v) is 4.49. The molecule has 0 aliphatic carbocycles. The van der Waals surface area contributed by atoms with Crippen molar-refractivity contribution in [2.75, 3.05) is 26.3 Å². The lowest BCUT2D eigenvalue weighted by atomic mass is 9.93. The third-order valence-electron chi connectivity index (χ3n) is 4.21. The fourth-order valence-corrected chi connectivity index (χ4v) is 3.15. The standard InChI is InChI=1S/C17H23ClN4O2/c1-22-9-7-20-16(22)15-13(4-3-10-23-15)12-19-8-11-24-17-14(18)5-2-6-21-17/h2,5-7,9,13,15,19H,3-4,8,10-12H2,1H3/t13-,15+/m0/s1. The average Bonchev–Trinajstić information content (AvgIpc) is 3.02. The third kappa shape index (κ3) is 4.26. The minimum Gasteiger partial charge on any atom is -0.475 e. The molecule has 6 nitrogen and oxygen atoms in total. The molecule has 2 aromatic rings. The van der Waals surface area contributed by atoms with Crippen LogP contribution >= 0.6 is 11.6 Å². The number of hydrogen-bond acceptors (Lipinski definition) is 5. The van der Waals surface area contributed by atoms with Crippen LogP contribution in [0.4, 0.5) is 0 Å². The van der Waals surface area contributed by atoms with E-state index in [4.69, 9.17) is 21.1 Å². The first-order valence-electron chi connectivity index (χ1n) is 8.28.